The Balaban J connectivity index is 0.000000309. The molecule has 0 radical (unpaired) electrons. The van der Waals surface area contributed by atoms with Crippen LogP contribution in [-0.4, -0.2) is 45.9 Å². The Hall–Kier alpha value is -2.11. The normalized spacial score (nSPS) is 18.9. The van der Waals surface area contributed by atoms with Crippen LogP contribution in [0.2, 0.25) is 0 Å². The van der Waals surface area contributed by atoms with E-state index in [9.17, 15) is 36.0 Å². The lowest BCUT2D eigenvalue weighted by Gasteiger charge is -2.17. The van der Waals surface area contributed by atoms with E-state index in [-0.39, 0.29) is 24.6 Å². The molecule has 2 saturated carbocycles. The molecule has 0 aromatic carbocycles. The largest absolute Gasteiger partial charge is 0.534 e. The first-order valence-electron chi connectivity index (χ1n) is 7.58. The fraction of sp³-hybridized carbons (Fsp3) is 0.667. The minimum absolute atomic E-state index is 0.0700. The first kappa shape index (κ1) is 22.9. The van der Waals surface area contributed by atoms with Gasteiger partial charge in [-0.15, -0.1) is 0 Å². The molecule has 0 aromatic heterocycles. The van der Waals surface area contributed by atoms with Crippen molar-refractivity contribution in [1.29, 1.82) is 0 Å². The molecule has 2 aliphatic carbocycles. The molecule has 0 spiro atoms. The molecule has 2 aliphatic rings. The Morgan fingerprint density at radius 3 is 1.52 bits per heavy atom. The lowest BCUT2D eigenvalue weighted by Crippen LogP contribution is -2.29. The van der Waals surface area contributed by atoms with Crippen LogP contribution in [0.3, 0.4) is 0 Å². The number of Topliss-reactive ketones (excluding diaryl/α,β-unsaturated/α-hetero) is 1. The van der Waals surface area contributed by atoms with Gasteiger partial charge in [0, 0.05) is 0 Å². The predicted molar refractivity (Wildman–Crippen MR) is 83.2 cm³/mol. The van der Waals surface area contributed by atoms with Gasteiger partial charge in [0.05, 0.1) is 14.2 Å². The molecule has 0 heterocycles. The molecule has 154 valence electrons. The first-order valence-corrected chi connectivity index (χ1v) is 8.99. The fourth-order valence-corrected chi connectivity index (χ4v) is 2.72. The third kappa shape index (κ3) is 4.60. The molecule has 0 saturated heterocycles. The van der Waals surface area contributed by atoms with Gasteiger partial charge in [-0.05, 0) is 32.6 Å². The molecular weight excluding hydrogens is 397 g/mol. The van der Waals surface area contributed by atoms with E-state index in [0.717, 1.165) is 7.11 Å². The summed E-state index contributed by atoms with van der Waals surface area (Å²) < 4.78 is 70.0. The van der Waals surface area contributed by atoms with Crippen molar-refractivity contribution in [1.82, 2.24) is 0 Å². The molecule has 8 nitrogen and oxygen atoms in total. The van der Waals surface area contributed by atoms with Crippen LogP contribution in [0.15, 0.2) is 12.3 Å². The number of alkyl halides is 3. The van der Waals surface area contributed by atoms with E-state index in [1.165, 1.54) is 14.0 Å². The highest BCUT2D eigenvalue weighted by molar-refractivity contribution is 7.87. The molecule has 2 rings (SSSR count). The van der Waals surface area contributed by atoms with Gasteiger partial charge in [0.1, 0.15) is 22.4 Å². The number of ketones is 1. The second-order valence-electron chi connectivity index (χ2n) is 6.11. The molecular formula is C15H19F3O8S. The number of hydrogen-bond acceptors (Lipinski definition) is 8. The zero-order valence-electron chi connectivity index (χ0n) is 14.8. The van der Waals surface area contributed by atoms with Gasteiger partial charge in [-0.25, -0.2) is 0 Å². The van der Waals surface area contributed by atoms with Crippen LogP contribution in [0.5, 0.6) is 0 Å². The van der Waals surface area contributed by atoms with Crippen LogP contribution in [0, 0.1) is 10.8 Å². The van der Waals surface area contributed by atoms with Gasteiger partial charge in [-0.2, -0.15) is 21.6 Å². The number of rotatable bonds is 6. The van der Waals surface area contributed by atoms with Crippen molar-refractivity contribution in [2.75, 3.05) is 14.2 Å². The summed E-state index contributed by atoms with van der Waals surface area (Å²) >= 11 is 0. The number of halogens is 3. The van der Waals surface area contributed by atoms with Gasteiger partial charge in [-0.1, -0.05) is 6.58 Å². The van der Waals surface area contributed by atoms with E-state index in [4.69, 9.17) is 0 Å². The number of carbonyl (C=O) groups is 3. The zero-order chi connectivity index (χ0) is 21.3. The summed E-state index contributed by atoms with van der Waals surface area (Å²) in [6.45, 7) is 4.49. The van der Waals surface area contributed by atoms with Crippen LogP contribution in [0.1, 0.15) is 32.6 Å². The lowest BCUT2D eigenvalue weighted by atomic mass is 10.0. The Bertz CT molecular complexity index is 746. The van der Waals surface area contributed by atoms with Crippen molar-refractivity contribution in [2.24, 2.45) is 10.8 Å². The second kappa shape index (κ2) is 7.49. The van der Waals surface area contributed by atoms with Crippen molar-refractivity contribution in [3.05, 3.63) is 12.3 Å². The summed E-state index contributed by atoms with van der Waals surface area (Å²) in [4.78, 5) is 33.0. The standard InChI is InChI=1S/C8H9F3O5S.C7H10O3/c1-5(7(3-4-7)6(12)15-2)16-17(13,14)8(9,10)11;1-5(8)7(3-4-7)6(9)10-2/h1,3-4H2,2H3;3-4H2,1-2H3. The Labute approximate surface area is 153 Å². The molecule has 0 aromatic rings. The number of carbonyl (C=O) groups excluding carboxylic acids is 3. The molecule has 0 bridgehead atoms. The highest BCUT2D eigenvalue weighted by Crippen LogP contribution is 2.53. The molecule has 0 N–H and O–H groups in total. The van der Waals surface area contributed by atoms with Crippen molar-refractivity contribution >= 4 is 27.8 Å². The minimum atomic E-state index is -5.79. The van der Waals surface area contributed by atoms with Gasteiger partial charge >= 0.3 is 27.6 Å². The van der Waals surface area contributed by atoms with Gasteiger partial charge in [0.2, 0.25) is 0 Å². The monoisotopic (exact) mass is 416 g/mol. The van der Waals surface area contributed by atoms with E-state index < -0.39 is 38.2 Å². The maximum atomic E-state index is 12.0. The predicted octanol–water partition coefficient (Wildman–Crippen LogP) is 1.85. The summed E-state index contributed by atoms with van der Waals surface area (Å²) in [6, 6.07) is 0. The van der Waals surface area contributed by atoms with Crippen molar-refractivity contribution in [2.45, 2.75) is 38.1 Å². The zero-order valence-corrected chi connectivity index (χ0v) is 15.7. The smallest absolute Gasteiger partial charge is 0.468 e. The Morgan fingerprint density at radius 1 is 0.926 bits per heavy atom. The van der Waals surface area contributed by atoms with Gasteiger partial charge in [0.15, 0.2) is 0 Å². The van der Waals surface area contributed by atoms with E-state index in [1.54, 1.807) is 0 Å². The van der Waals surface area contributed by atoms with Crippen LogP contribution in [0.4, 0.5) is 13.2 Å². The van der Waals surface area contributed by atoms with E-state index >= 15 is 0 Å². The Kier molecular flexibility index (Phi) is 6.36. The highest BCUT2D eigenvalue weighted by atomic mass is 32.2. The van der Waals surface area contributed by atoms with Gasteiger partial charge in [0.25, 0.3) is 0 Å². The maximum Gasteiger partial charge on any atom is 0.534 e. The maximum absolute atomic E-state index is 12.0. The topological polar surface area (TPSA) is 113 Å². The number of hydrogen-bond donors (Lipinski definition) is 0. The first-order chi connectivity index (χ1) is 12.2. The van der Waals surface area contributed by atoms with E-state index in [2.05, 4.69) is 20.2 Å². The average molecular weight is 416 g/mol. The van der Waals surface area contributed by atoms with Crippen LogP contribution >= 0.6 is 0 Å². The summed E-state index contributed by atoms with van der Waals surface area (Å²) in [5.74, 6) is -2.07. The van der Waals surface area contributed by atoms with Crippen LogP contribution < -0.4 is 0 Å². The Morgan fingerprint density at radius 2 is 1.30 bits per heavy atom. The van der Waals surface area contributed by atoms with Crippen LogP contribution in [0.25, 0.3) is 0 Å². The highest BCUT2D eigenvalue weighted by Gasteiger charge is 2.59. The van der Waals surface area contributed by atoms with Crippen molar-refractivity contribution in [3.63, 3.8) is 0 Å². The summed E-state index contributed by atoms with van der Waals surface area (Å²) in [5.41, 5.74) is -7.76. The molecule has 27 heavy (non-hydrogen) atoms. The average Bonchev–Trinajstić information content (AvgIpc) is 3.45. The molecule has 0 unspecified atom stereocenters. The van der Waals surface area contributed by atoms with Gasteiger partial charge < -0.3 is 13.7 Å². The second-order valence-corrected chi connectivity index (χ2v) is 7.65. The summed E-state index contributed by atoms with van der Waals surface area (Å²) in [7, 11) is -3.44. The lowest BCUT2D eigenvalue weighted by molar-refractivity contribution is -0.151. The summed E-state index contributed by atoms with van der Waals surface area (Å²) in [6.07, 6.45) is 1.61. The number of ether oxygens (including phenoxy) is 2. The number of esters is 2. The SMILES string of the molecule is C=C(OS(=O)(=O)C(F)(F)F)C1(C(=O)OC)CC1.COC(=O)C1(C(C)=O)CC1. The number of methoxy groups -OCH3 is 2. The van der Waals surface area contributed by atoms with E-state index in [1.807, 2.05) is 0 Å². The quantitative estimate of drug-likeness (QED) is 0.212. The summed E-state index contributed by atoms with van der Waals surface area (Å²) in [5, 5.41) is 0. The molecule has 2 fully saturated rings. The van der Waals surface area contributed by atoms with Crippen molar-refractivity contribution < 1.29 is 49.6 Å². The van der Waals surface area contributed by atoms with Crippen molar-refractivity contribution in [3.8, 4) is 0 Å². The molecule has 0 atom stereocenters. The molecule has 12 heteroatoms. The minimum Gasteiger partial charge on any atom is -0.468 e. The third-order valence-electron chi connectivity index (χ3n) is 4.35. The fourth-order valence-electron chi connectivity index (χ4n) is 2.20. The van der Waals surface area contributed by atoms with E-state index in [0.29, 0.717) is 12.8 Å². The molecule has 0 amide bonds. The third-order valence-corrected chi connectivity index (χ3v) is 5.34. The molecule has 0 aliphatic heterocycles. The van der Waals surface area contributed by atoms with Gasteiger partial charge in [-0.3, -0.25) is 14.4 Å². The van der Waals surface area contributed by atoms with Crippen LogP contribution in [-0.2, 0) is 38.2 Å².